The van der Waals surface area contributed by atoms with Crippen LogP contribution in [0.1, 0.15) is 46.5 Å². The van der Waals surface area contributed by atoms with Crippen molar-refractivity contribution in [2.24, 2.45) is 0 Å². The van der Waals surface area contributed by atoms with Crippen LogP contribution in [-0.2, 0) is 0 Å². The molecule has 0 atom stereocenters. The van der Waals surface area contributed by atoms with Crippen LogP contribution in [0, 0.1) is 0 Å². The van der Waals surface area contributed by atoms with Gasteiger partial charge in [-0.25, -0.2) is 0 Å². The molecule has 0 radical (unpaired) electrons. The first-order chi connectivity index (χ1) is 7.07. The highest BCUT2D eigenvalue weighted by Gasteiger charge is 2.29. The second-order valence-electron chi connectivity index (χ2n) is 6.13. The highest BCUT2D eigenvalue weighted by Crippen LogP contribution is 2.25. The first-order valence-corrected chi connectivity index (χ1v) is 6.56. The fraction of sp³-hybridized carbons (Fsp3) is 1.00. The lowest BCUT2D eigenvalue weighted by Gasteiger charge is -2.44. The summed E-state index contributed by atoms with van der Waals surface area (Å²) in [5, 5.41) is 0. The van der Waals surface area contributed by atoms with Gasteiger partial charge in [-0.15, -0.1) is 0 Å². The van der Waals surface area contributed by atoms with Crippen molar-refractivity contribution in [1.82, 2.24) is 9.80 Å². The highest BCUT2D eigenvalue weighted by atomic mass is 15.3. The van der Waals surface area contributed by atoms with Crippen molar-refractivity contribution in [3.05, 3.63) is 0 Å². The zero-order chi connectivity index (χ0) is 10.9. The zero-order valence-corrected chi connectivity index (χ0v) is 10.6. The third kappa shape index (κ3) is 2.73. The normalized spacial score (nSPS) is 27.4. The number of nitrogens with zero attached hydrogens (tertiary/aromatic N) is 2. The summed E-state index contributed by atoms with van der Waals surface area (Å²) < 4.78 is 0. The largest absolute Gasteiger partial charge is 0.298 e. The first-order valence-electron chi connectivity index (χ1n) is 6.56. The van der Waals surface area contributed by atoms with Crippen LogP contribution in [-0.4, -0.2) is 47.6 Å². The van der Waals surface area contributed by atoms with Crippen molar-refractivity contribution < 1.29 is 0 Å². The molecule has 0 amide bonds. The molecule has 1 aliphatic carbocycles. The Morgan fingerprint density at radius 2 is 1.40 bits per heavy atom. The Balaban J connectivity index is 1.81. The van der Waals surface area contributed by atoms with Gasteiger partial charge in [-0.3, -0.25) is 9.80 Å². The number of piperazine rings is 1. The monoisotopic (exact) mass is 210 g/mol. The quantitative estimate of drug-likeness (QED) is 0.655. The second kappa shape index (κ2) is 4.42. The molecular weight excluding hydrogens is 184 g/mol. The molecule has 2 nitrogen and oxygen atoms in total. The van der Waals surface area contributed by atoms with Crippen molar-refractivity contribution in [2.75, 3.05) is 26.2 Å². The standard InChI is InChI=1S/C13H26N2/c1-13(2,3)15-10-8-14(9-11-15)12-6-4-5-7-12/h12H,4-11H2,1-3H3. The van der Waals surface area contributed by atoms with Gasteiger partial charge in [0.15, 0.2) is 0 Å². The van der Waals surface area contributed by atoms with E-state index in [-0.39, 0.29) is 0 Å². The van der Waals surface area contributed by atoms with Gasteiger partial charge in [0, 0.05) is 37.8 Å². The van der Waals surface area contributed by atoms with Gasteiger partial charge in [-0.05, 0) is 33.6 Å². The summed E-state index contributed by atoms with van der Waals surface area (Å²) >= 11 is 0. The van der Waals surface area contributed by atoms with E-state index in [2.05, 4.69) is 30.6 Å². The Labute approximate surface area is 94.6 Å². The molecule has 1 saturated carbocycles. The van der Waals surface area contributed by atoms with E-state index in [0.717, 1.165) is 6.04 Å². The summed E-state index contributed by atoms with van der Waals surface area (Å²) in [4.78, 5) is 5.35. The van der Waals surface area contributed by atoms with Gasteiger partial charge in [0.25, 0.3) is 0 Å². The summed E-state index contributed by atoms with van der Waals surface area (Å²) in [6.45, 7) is 12.1. The van der Waals surface area contributed by atoms with E-state index in [1.54, 1.807) is 0 Å². The van der Waals surface area contributed by atoms with E-state index in [1.807, 2.05) is 0 Å². The van der Waals surface area contributed by atoms with E-state index in [9.17, 15) is 0 Å². The van der Waals surface area contributed by atoms with Crippen molar-refractivity contribution in [3.63, 3.8) is 0 Å². The van der Waals surface area contributed by atoms with E-state index >= 15 is 0 Å². The molecule has 0 aromatic heterocycles. The molecule has 2 fully saturated rings. The lowest BCUT2D eigenvalue weighted by Crippen LogP contribution is -2.55. The summed E-state index contributed by atoms with van der Waals surface area (Å²) in [6, 6.07) is 0.923. The molecule has 2 aliphatic rings. The van der Waals surface area contributed by atoms with E-state index in [0.29, 0.717) is 5.54 Å². The SMILES string of the molecule is CC(C)(C)N1CCN(C2CCCC2)CC1. The lowest BCUT2D eigenvalue weighted by atomic mass is 10.0. The molecule has 1 aliphatic heterocycles. The fourth-order valence-corrected chi connectivity index (χ4v) is 3.03. The molecule has 1 saturated heterocycles. The minimum Gasteiger partial charge on any atom is -0.298 e. The van der Waals surface area contributed by atoms with Crippen LogP contribution in [0.4, 0.5) is 0 Å². The maximum atomic E-state index is 2.73. The highest BCUT2D eigenvalue weighted by molar-refractivity contribution is 4.86. The van der Waals surface area contributed by atoms with Crippen LogP contribution in [0.2, 0.25) is 0 Å². The molecule has 0 N–H and O–H groups in total. The van der Waals surface area contributed by atoms with Gasteiger partial charge >= 0.3 is 0 Å². The van der Waals surface area contributed by atoms with Gasteiger partial charge < -0.3 is 0 Å². The average molecular weight is 210 g/mol. The Morgan fingerprint density at radius 1 is 0.867 bits per heavy atom. The molecule has 2 rings (SSSR count). The van der Waals surface area contributed by atoms with Crippen LogP contribution >= 0.6 is 0 Å². The Bertz CT molecular complexity index is 193. The van der Waals surface area contributed by atoms with E-state index in [1.165, 1.54) is 51.9 Å². The van der Waals surface area contributed by atoms with Gasteiger partial charge in [0.2, 0.25) is 0 Å². The maximum Gasteiger partial charge on any atom is 0.0126 e. The van der Waals surface area contributed by atoms with Gasteiger partial charge in [-0.1, -0.05) is 12.8 Å². The minimum absolute atomic E-state index is 0.363. The molecule has 88 valence electrons. The molecule has 1 heterocycles. The number of hydrogen-bond donors (Lipinski definition) is 0. The van der Waals surface area contributed by atoms with Crippen LogP contribution in [0.5, 0.6) is 0 Å². The smallest absolute Gasteiger partial charge is 0.0126 e. The van der Waals surface area contributed by atoms with Gasteiger partial charge in [-0.2, -0.15) is 0 Å². The summed E-state index contributed by atoms with van der Waals surface area (Å²) in [6.07, 6.45) is 5.83. The molecule has 0 aromatic carbocycles. The van der Waals surface area contributed by atoms with Crippen molar-refractivity contribution in [1.29, 1.82) is 0 Å². The minimum atomic E-state index is 0.363. The topological polar surface area (TPSA) is 6.48 Å². The second-order valence-corrected chi connectivity index (χ2v) is 6.13. The Morgan fingerprint density at radius 3 is 1.87 bits per heavy atom. The number of rotatable bonds is 1. The predicted octanol–water partition coefficient (Wildman–Crippen LogP) is 2.35. The van der Waals surface area contributed by atoms with Crippen LogP contribution in [0.25, 0.3) is 0 Å². The molecular formula is C13H26N2. The lowest BCUT2D eigenvalue weighted by molar-refractivity contribution is 0.0433. The van der Waals surface area contributed by atoms with Crippen molar-refractivity contribution in [3.8, 4) is 0 Å². The molecule has 0 aromatic rings. The molecule has 0 bridgehead atoms. The molecule has 0 unspecified atom stereocenters. The third-order valence-electron chi connectivity index (χ3n) is 4.10. The van der Waals surface area contributed by atoms with Gasteiger partial charge in [0.05, 0.1) is 0 Å². The first kappa shape index (κ1) is 11.4. The Hall–Kier alpha value is -0.0800. The third-order valence-corrected chi connectivity index (χ3v) is 4.10. The maximum absolute atomic E-state index is 2.73. The van der Waals surface area contributed by atoms with E-state index < -0.39 is 0 Å². The molecule has 15 heavy (non-hydrogen) atoms. The molecule has 2 heteroatoms. The Kier molecular flexibility index (Phi) is 3.36. The summed E-state index contributed by atoms with van der Waals surface area (Å²) in [5.74, 6) is 0. The predicted molar refractivity (Wildman–Crippen MR) is 65.2 cm³/mol. The van der Waals surface area contributed by atoms with Crippen LogP contribution < -0.4 is 0 Å². The summed E-state index contributed by atoms with van der Waals surface area (Å²) in [5.41, 5.74) is 0.363. The van der Waals surface area contributed by atoms with E-state index in [4.69, 9.17) is 0 Å². The fourth-order valence-electron chi connectivity index (χ4n) is 3.03. The van der Waals surface area contributed by atoms with Gasteiger partial charge in [0.1, 0.15) is 0 Å². The number of hydrogen-bond acceptors (Lipinski definition) is 2. The average Bonchev–Trinajstić information content (AvgIpc) is 2.69. The van der Waals surface area contributed by atoms with Crippen molar-refractivity contribution >= 4 is 0 Å². The summed E-state index contributed by atoms with van der Waals surface area (Å²) in [7, 11) is 0. The molecule has 0 spiro atoms. The van der Waals surface area contributed by atoms with Crippen LogP contribution in [0.3, 0.4) is 0 Å². The zero-order valence-electron chi connectivity index (χ0n) is 10.6. The van der Waals surface area contributed by atoms with Crippen molar-refractivity contribution in [2.45, 2.75) is 58.0 Å². The van der Waals surface area contributed by atoms with Crippen LogP contribution in [0.15, 0.2) is 0 Å².